The van der Waals surface area contributed by atoms with E-state index in [4.69, 9.17) is 14.7 Å². The lowest BCUT2D eigenvalue weighted by Gasteiger charge is -2.42. The van der Waals surface area contributed by atoms with Gasteiger partial charge in [0.25, 0.3) is 0 Å². The molecule has 0 unspecified atom stereocenters. The van der Waals surface area contributed by atoms with Crippen LogP contribution in [0.3, 0.4) is 0 Å². The Balaban J connectivity index is 1.08. The Hall–Kier alpha value is -6.92. The number of ether oxygens (including phenoxy) is 1. The van der Waals surface area contributed by atoms with Crippen LogP contribution in [0.5, 0.6) is 11.5 Å². The summed E-state index contributed by atoms with van der Waals surface area (Å²) >= 11 is 0. The predicted octanol–water partition coefficient (Wildman–Crippen LogP) is 12.0. The lowest BCUT2D eigenvalue weighted by Crippen LogP contribution is -2.30. The van der Waals surface area contributed by atoms with Gasteiger partial charge in [-0.05, 0) is 95.4 Å². The fourth-order valence-corrected chi connectivity index (χ4v) is 8.76. The van der Waals surface area contributed by atoms with Gasteiger partial charge in [-0.25, -0.2) is 9.97 Å². The van der Waals surface area contributed by atoms with Gasteiger partial charge in [0.2, 0.25) is 0 Å². The minimum atomic E-state index is -0.279. The number of aromatic nitrogens is 4. The van der Waals surface area contributed by atoms with E-state index in [0.717, 1.165) is 61.4 Å². The molecule has 5 heterocycles. The first-order valence-corrected chi connectivity index (χ1v) is 18.0. The molecule has 0 fully saturated rings. The van der Waals surface area contributed by atoms with E-state index < -0.39 is 0 Å². The highest BCUT2D eigenvalue weighted by Gasteiger charge is 2.39. The van der Waals surface area contributed by atoms with Gasteiger partial charge in [-0.15, -0.1) is 0 Å². The van der Waals surface area contributed by atoms with E-state index in [0.29, 0.717) is 0 Å². The van der Waals surface area contributed by atoms with Crippen LogP contribution < -0.4 is 9.64 Å². The Labute approximate surface area is 305 Å². The monoisotopic (exact) mass is 683 g/mol. The molecular formula is C47H33N5O. The van der Waals surface area contributed by atoms with Crippen molar-refractivity contribution in [1.29, 1.82) is 0 Å². The molecule has 0 bridgehead atoms. The molecule has 0 aliphatic carbocycles. The molecule has 0 radical (unpaired) electrons. The van der Waals surface area contributed by atoms with Crippen molar-refractivity contribution in [2.45, 2.75) is 19.3 Å². The smallest absolute Gasteiger partial charge is 0.145 e. The summed E-state index contributed by atoms with van der Waals surface area (Å²) in [5.74, 6) is 1.50. The van der Waals surface area contributed by atoms with E-state index in [2.05, 4.69) is 155 Å². The Kier molecular flexibility index (Phi) is 6.20. The number of rotatable bonds is 4. The molecule has 53 heavy (non-hydrogen) atoms. The van der Waals surface area contributed by atoms with Gasteiger partial charge in [0.15, 0.2) is 0 Å². The summed E-state index contributed by atoms with van der Waals surface area (Å²) in [5, 5.41) is 5.71. The maximum absolute atomic E-state index is 6.64. The maximum Gasteiger partial charge on any atom is 0.145 e. The van der Waals surface area contributed by atoms with Crippen LogP contribution in [0, 0.1) is 0 Å². The maximum atomic E-state index is 6.64. The molecular weight excluding hydrogens is 651 g/mol. The lowest BCUT2D eigenvalue weighted by molar-refractivity contribution is 0.483. The average Bonchev–Trinajstić information content (AvgIpc) is 3.83. The third-order valence-corrected chi connectivity index (χ3v) is 11.0. The van der Waals surface area contributed by atoms with Gasteiger partial charge in [-0.3, -0.25) is 8.97 Å². The van der Waals surface area contributed by atoms with Gasteiger partial charge in [0, 0.05) is 57.3 Å². The second-order valence-corrected chi connectivity index (χ2v) is 14.3. The normalized spacial score (nSPS) is 13.6. The lowest BCUT2D eigenvalue weighted by atomic mass is 9.72. The first-order valence-electron chi connectivity index (χ1n) is 18.0. The van der Waals surface area contributed by atoms with Crippen LogP contribution in [0.4, 0.5) is 17.1 Å². The highest BCUT2D eigenvalue weighted by atomic mass is 16.5. The van der Waals surface area contributed by atoms with Crippen LogP contribution in [0.25, 0.3) is 54.9 Å². The van der Waals surface area contributed by atoms with Crippen molar-refractivity contribution in [3.8, 4) is 17.2 Å². The van der Waals surface area contributed by atoms with Crippen molar-refractivity contribution in [1.82, 2.24) is 18.9 Å². The number of hydrogen-bond donors (Lipinski definition) is 0. The quantitative estimate of drug-likeness (QED) is 0.173. The number of imidazole rings is 1. The molecule has 1 aliphatic heterocycles. The highest BCUT2D eigenvalue weighted by molar-refractivity contribution is 6.14. The minimum Gasteiger partial charge on any atom is -0.457 e. The first kappa shape index (κ1) is 29.8. The summed E-state index contributed by atoms with van der Waals surface area (Å²) in [6.07, 6.45) is 5.76. The zero-order chi connectivity index (χ0) is 35.3. The van der Waals surface area contributed by atoms with E-state index in [-0.39, 0.29) is 5.41 Å². The van der Waals surface area contributed by atoms with Crippen molar-refractivity contribution in [3.63, 3.8) is 0 Å². The molecule has 6 aromatic carbocycles. The molecule has 252 valence electrons. The van der Waals surface area contributed by atoms with Gasteiger partial charge < -0.3 is 9.64 Å². The second kappa shape index (κ2) is 11.0. The number of anilines is 3. The molecule has 0 amide bonds. The van der Waals surface area contributed by atoms with Gasteiger partial charge in [0.05, 0.1) is 28.1 Å². The summed E-state index contributed by atoms with van der Waals surface area (Å²) in [5.41, 5.74) is 10.9. The van der Waals surface area contributed by atoms with Gasteiger partial charge >= 0.3 is 0 Å². The van der Waals surface area contributed by atoms with Gasteiger partial charge in [-0.2, -0.15) is 0 Å². The third-order valence-electron chi connectivity index (χ3n) is 11.0. The summed E-state index contributed by atoms with van der Waals surface area (Å²) < 4.78 is 11.1. The Morgan fingerprint density at radius 3 is 2.23 bits per heavy atom. The molecule has 4 aromatic heterocycles. The van der Waals surface area contributed by atoms with Crippen molar-refractivity contribution >= 4 is 66.3 Å². The molecule has 0 N–H and O–H groups in total. The minimum absolute atomic E-state index is 0.279. The predicted molar refractivity (Wildman–Crippen MR) is 216 cm³/mol. The highest BCUT2D eigenvalue weighted by Crippen LogP contribution is 2.55. The van der Waals surface area contributed by atoms with E-state index in [1.54, 1.807) is 0 Å². The van der Waals surface area contributed by atoms with Crippen LogP contribution in [0.2, 0.25) is 0 Å². The van der Waals surface area contributed by atoms with Crippen LogP contribution in [-0.2, 0) is 5.41 Å². The van der Waals surface area contributed by atoms with Crippen molar-refractivity contribution in [2.24, 2.45) is 0 Å². The number of fused-ring (bicyclic) bond motifs is 12. The second-order valence-electron chi connectivity index (χ2n) is 14.3. The van der Waals surface area contributed by atoms with Crippen LogP contribution in [-0.4, -0.2) is 18.9 Å². The fourth-order valence-electron chi connectivity index (χ4n) is 8.76. The summed E-state index contributed by atoms with van der Waals surface area (Å²) in [6, 6.07) is 51.3. The van der Waals surface area contributed by atoms with Crippen LogP contribution in [0.15, 0.2) is 164 Å². The molecule has 1 aliphatic rings. The van der Waals surface area contributed by atoms with Crippen molar-refractivity contribution < 1.29 is 4.74 Å². The molecule has 0 atom stereocenters. The molecule has 6 nitrogen and oxygen atoms in total. The van der Waals surface area contributed by atoms with E-state index in [9.17, 15) is 0 Å². The summed E-state index contributed by atoms with van der Waals surface area (Å²) in [7, 11) is 0. The van der Waals surface area contributed by atoms with Crippen LogP contribution >= 0.6 is 0 Å². The van der Waals surface area contributed by atoms with E-state index >= 15 is 0 Å². The van der Waals surface area contributed by atoms with Crippen molar-refractivity contribution in [2.75, 3.05) is 4.90 Å². The standard InChI is InChI=1S/C47H33N5O/c1-47(2)38-18-7-9-20-40(38)51(30-12-4-3-5-13-30)42-24-23-41-43(44(42)47)36-17-11-25-48-46(36)52(41)31-14-10-15-32(28-31)53-33-21-22-34-35-16-6-8-19-39(35)50-27-26-49-45(50)37(34)29-33/h3-29H,1-2H3. The Morgan fingerprint density at radius 1 is 0.528 bits per heavy atom. The Bertz CT molecular complexity index is 3080. The topological polar surface area (TPSA) is 47.6 Å². The average molecular weight is 684 g/mol. The molecule has 0 spiro atoms. The number of benzene rings is 6. The Morgan fingerprint density at radius 2 is 1.30 bits per heavy atom. The first-order chi connectivity index (χ1) is 26.1. The largest absolute Gasteiger partial charge is 0.457 e. The zero-order valence-electron chi connectivity index (χ0n) is 29.2. The fraction of sp³-hybridized carbons (Fsp3) is 0.0638. The van der Waals surface area contributed by atoms with E-state index in [1.165, 1.54) is 33.3 Å². The number of hydrogen-bond acceptors (Lipinski definition) is 4. The molecule has 6 heteroatoms. The van der Waals surface area contributed by atoms with Gasteiger partial charge in [0.1, 0.15) is 22.8 Å². The van der Waals surface area contributed by atoms with E-state index in [1.807, 2.05) is 36.8 Å². The molecule has 10 aromatic rings. The third kappa shape index (κ3) is 4.26. The molecule has 0 saturated heterocycles. The van der Waals surface area contributed by atoms with Crippen molar-refractivity contribution in [3.05, 3.63) is 175 Å². The zero-order valence-corrected chi connectivity index (χ0v) is 29.2. The number of pyridine rings is 2. The summed E-state index contributed by atoms with van der Waals surface area (Å²) in [6.45, 7) is 4.70. The molecule has 0 saturated carbocycles. The number of para-hydroxylation sites is 3. The van der Waals surface area contributed by atoms with Crippen LogP contribution in [0.1, 0.15) is 25.0 Å². The SMILES string of the molecule is CC1(C)c2ccccc2N(c2ccccc2)c2ccc3c(c21)c1cccnc1n3-c1cccc(Oc2ccc3c4ccccc4n4ccnc4c3c2)c1. The van der Waals surface area contributed by atoms with Gasteiger partial charge in [-0.1, -0.05) is 74.5 Å². The number of nitrogens with zero attached hydrogens (tertiary/aromatic N) is 5. The summed E-state index contributed by atoms with van der Waals surface area (Å²) in [4.78, 5) is 12.1. The molecule has 11 rings (SSSR count).